The molecule has 2 atom stereocenters. The van der Waals surface area contributed by atoms with Gasteiger partial charge in [-0.3, -0.25) is 14.3 Å². The van der Waals surface area contributed by atoms with Crippen LogP contribution in [0.5, 0.6) is 0 Å². The second-order valence-corrected chi connectivity index (χ2v) is 12.6. The molecule has 8 nitrogen and oxygen atoms in total. The van der Waals surface area contributed by atoms with Gasteiger partial charge in [0.2, 0.25) is 0 Å². The van der Waals surface area contributed by atoms with Crippen LogP contribution in [-0.4, -0.2) is 42.6 Å². The van der Waals surface area contributed by atoms with Gasteiger partial charge in [-0.25, -0.2) is 13.8 Å². The van der Waals surface area contributed by atoms with E-state index in [9.17, 15) is 13.6 Å². The van der Waals surface area contributed by atoms with Gasteiger partial charge in [0, 0.05) is 23.3 Å². The van der Waals surface area contributed by atoms with Crippen molar-refractivity contribution < 1.29 is 26.9 Å². The van der Waals surface area contributed by atoms with Crippen molar-refractivity contribution in [3.63, 3.8) is 0 Å². The summed E-state index contributed by atoms with van der Waals surface area (Å²) in [6.45, 7) is 8.04. The summed E-state index contributed by atoms with van der Waals surface area (Å²) in [5.41, 5.74) is -1.48. The van der Waals surface area contributed by atoms with E-state index in [1.165, 1.54) is 24.4 Å². The van der Waals surface area contributed by atoms with Crippen molar-refractivity contribution in [3.05, 3.63) is 80.6 Å². The lowest BCUT2D eigenvalue weighted by Gasteiger charge is -2.32. The predicted octanol–water partition coefficient (Wildman–Crippen LogP) is 7.05. The zero-order chi connectivity index (χ0) is 31.9. The van der Waals surface area contributed by atoms with Gasteiger partial charge < -0.3 is 9.31 Å². The standard InChI is InChI=1S/C30H29BClF4N5O3/c1-14-12-37-24(16-8-7-9-17(22(16)33)26-38-13-39-41(26)28(35)36)23(34)25(14)40-15(2)10-19(21(32)27(40)42)18-11-20(18)31-43-29(3,4)30(5,6)44-31/h7-10,12-13,18,20,28H,11H2,1-6H3/t18-,20+/m1/s1. The van der Waals surface area contributed by atoms with Crippen molar-refractivity contribution >= 4 is 18.7 Å². The van der Waals surface area contributed by atoms with Crippen LogP contribution in [0.2, 0.25) is 10.8 Å². The highest BCUT2D eigenvalue weighted by Crippen LogP contribution is 2.59. The minimum atomic E-state index is -3.07. The maximum Gasteiger partial charge on any atom is 0.461 e. The van der Waals surface area contributed by atoms with Crippen molar-refractivity contribution in [2.24, 2.45) is 0 Å². The van der Waals surface area contributed by atoms with Crippen molar-refractivity contribution in [2.75, 3.05) is 0 Å². The molecule has 14 heteroatoms. The van der Waals surface area contributed by atoms with E-state index in [0.717, 1.165) is 10.9 Å². The van der Waals surface area contributed by atoms with E-state index in [2.05, 4.69) is 15.1 Å². The fourth-order valence-electron chi connectivity index (χ4n) is 5.72. The van der Waals surface area contributed by atoms with Crippen LogP contribution >= 0.6 is 11.6 Å². The molecule has 0 N–H and O–H groups in total. The van der Waals surface area contributed by atoms with Crippen molar-refractivity contribution in [2.45, 2.75) is 77.4 Å². The first kappa shape index (κ1) is 30.5. The maximum absolute atomic E-state index is 16.3. The Bertz CT molecular complexity index is 1850. The third-order valence-electron chi connectivity index (χ3n) is 8.87. The van der Waals surface area contributed by atoms with Crippen LogP contribution in [0, 0.1) is 25.5 Å². The average Bonchev–Trinajstić information content (AvgIpc) is 3.51. The molecule has 1 aromatic carbocycles. The number of aryl methyl sites for hydroxylation is 2. The molecule has 230 valence electrons. The summed E-state index contributed by atoms with van der Waals surface area (Å²) in [5.74, 6) is -2.51. The molecule has 1 aliphatic heterocycles. The number of pyridine rings is 2. The molecule has 4 aromatic rings. The van der Waals surface area contributed by atoms with Crippen molar-refractivity contribution in [1.82, 2.24) is 24.3 Å². The molecule has 1 aliphatic carbocycles. The van der Waals surface area contributed by atoms with E-state index in [1.54, 1.807) is 19.9 Å². The van der Waals surface area contributed by atoms with E-state index < -0.39 is 53.6 Å². The number of aromatic nitrogens is 5. The Morgan fingerprint density at radius 1 is 1.05 bits per heavy atom. The molecule has 44 heavy (non-hydrogen) atoms. The van der Waals surface area contributed by atoms with Gasteiger partial charge in [0.05, 0.1) is 22.5 Å². The first-order valence-electron chi connectivity index (χ1n) is 14.0. The minimum Gasteiger partial charge on any atom is -0.403 e. The van der Waals surface area contributed by atoms with Crippen LogP contribution in [-0.2, 0) is 9.31 Å². The fraction of sp³-hybridized carbons (Fsp3) is 0.400. The summed E-state index contributed by atoms with van der Waals surface area (Å²) in [7, 11) is -0.452. The second-order valence-electron chi connectivity index (χ2n) is 12.3. The van der Waals surface area contributed by atoms with E-state index in [0.29, 0.717) is 23.2 Å². The van der Waals surface area contributed by atoms with E-state index in [1.807, 2.05) is 27.7 Å². The molecule has 2 aliphatic rings. The van der Waals surface area contributed by atoms with Crippen molar-refractivity contribution in [3.8, 4) is 28.3 Å². The van der Waals surface area contributed by atoms with E-state index in [4.69, 9.17) is 20.9 Å². The lowest BCUT2D eigenvalue weighted by molar-refractivity contribution is 0.00578. The molecule has 0 radical (unpaired) electrons. The van der Waals surface area contributed by atoms with Gasteiger partial charge in [-0.05, 0) is 83.2 Å². The number of hydrogen-bond acceptors (Lipinski definition) is 6. The summed E-state index contributed by atoms with van der Waals surface area (Å²) in [6, 6.07) is 5.61. The Labute approximate surface area is 256 Å². The van der Waals surface area contributed by atoms with Gasteiger partial charge in [0.25, 0.3) is 5.56 Å². The summed E-state index contributed by atoms with van der Waals surface area (Å²) in [4.78, 5) is 21.6. The smallest absolute Gasteiger partial charge is 0.403 e. The van der Waals surface area contributed by atoms with Crippen LogP contribution in [0.1, 0.15) is 63.4 Å². The van der Waals surface area contributed by atoms with Crippen LogP contribution in [0.3, 0.4) is 0 Å². The normalized spacial score (nSPS) is 20.5. The number of alkyl halides is 2. The van der Waals surface area contributed by atoms with Gasteiger partial charge in [0.15, 0.2) is 11.6 Å². The van der Waals surface area contributed by atoms with Crippen LogP contribution in [0.25, 0.3) is 28.3 Å². The second kappa shape index (κ2) is 10.5. The average molecular weight is 630 g/mol. The first-order valence-corrected chi connectivity index (χ1v) is 14.4. The largest absolute Gasteiger partial charge is 0.461 e. The quantitative estimate of drug-likeness (QED) is 0.168. The molecule has 2 fully saturated rings. The summed E-state index contributed by atoms with van der Waals surface area (Å²) in [6.07, 6.45) is 2.89. The number of rotatable bonds is 6. The van der Waals surface area contributed by atoms with E-state index in [-0.39, 0.29) is 38.3 Å². The van der Waals surface area contributed by atoms with Gasteiger partial charge in [-0.2, -0.15) is 18.6 Å². The Kier molecular flexibility index (Phi) is 7.29. The third-order valence-corrected chi connectivity index (χ3v) is 9.25. The molecule has 6 rings (SSSR count). The highest BCUT2D eigenvalue weighted by molar-refractivity contribution is 6.49. The minimum absolute atomic E-state index is 0.000295. The topological polar surface area (TPSA) is 84.1 Å². The van der Waals surface area contributed by atoms with E-state index >= 15 is 8.78 Å². The molecular weight excluding hydrogens is 601 g/mol. The SMILES string of the molecule is Cc1cnc(-c2cccc(-c3ncnn3C(F)F)c2F)c(F)c1-n1c(C)cc([C@H]2C[C@@H]2B2OC(C)(C)C(C)(C)O2)c(Cl)c1=O. The molecule has 0 spiro atoms. The van der Waals surface area contributed by atoms with Gasteiger partial charge in [-0.1, -0.05) is 17.7 Å². The highest BCUT2D eigenvalue weighted by Gasteiger charge is 2.60. The van der Waals surface area contributed by atoms with Gasteiger partial charge >= 0.3 is 13.7 Å². The maximum atomic E-state index is 16.3. The molecule has 0 bridgehead atoms. The molecule has 1 saturated heterocycles. The molecule has 0 amide bonds. The molecule has 3 aromatic heterocycles. The Balaban J connectivity index is 1.39. The van der Waals surface area contributed by atoms with Crippen LogP contribution in [0.4, 0.5) is 17.6 Å². The Morgan fingerprint density at radius 2 is 1.70 bits per heavy atom. The fourth-order valence-corrected chi connectivity index (χ4v) is 6.00. The number of halogens is 5. The summed E-state index contributed by atoms with van der Waals surface area (Å²) < 4.78 is 72.7. The molecule has 0 unspecified atom stereocenters. The first-order chi connectivity index (χ1) is 20.6. The highest BCUT2D eigenvalue weighted by atomic mass is 35.5. The zero-order valence-electron chi connectivity index (χ0n) is 24.8. The lowest BCUT2D eigenvalue weighted by atomic mass is 9.79. The Hall–Kier alpha value is -3.55. The Morgan fingerprint density at radius 3 is 2.36 bits per heavy atom. The molecule has 4 heterocycles. The summed E-state index contributed by atoms with van der Waals surface area (Å²) in [5, 5.41) is 3.39. The monoisotopic (exact) mass is 629 g/mol. The number of nitrogens with zero attached hydrogens (tertiary/aromatic N) is 5. The molecular formula is C30H29BClF4N5O3. The van der Waals surface area contributed by atoms with Crippen LogP contribution < -0.4 is 5.56 Å². The van der Waals surface area contributed by atoms with Crippen LogP contribution in [0.15, 0.2) is 41.6 Å². The van der Waals surface area contributed by atoms with Crippen molar-refractivity contribution in [1.29, 1.82) is 0 Å². The molecule has 1 saturated carbocycles. The summed E-state index contributed by atoms with van der Waals surface area (Å²) >= 11 is 6.65. The van der Waals surface area contributed by atoms with Gasteiger partial charge in [-0.15, -0.1) is 0 Å². The number of benzene rings is 1. The predicted molar refractivity (Wildman–Crippen MR) is 157 cm³/mol. The lowest BCUT2D eigenvalue weighted by Crippen LogP contribution is -2.41. The van der Waals surface area contributed by atoms with Gasteiger partial charge in [0.1, 0.15) is 22.9 Å². The number of hydrogen-bond donors (Lipinski definition) is 0. The third kappa shape index (κ3) is 4.76. The zero-order valence-corrected chi connectivity index (χ0v) is 25.6.